The molecule has 1 fully saturated rings. The summed E-state index contributed by atoms with van der Waals surface area (Å²) < 4.78 is 50.1. The van der Waals surface area contributed by atoms with Gasteiger partial charge in [0.25, 0.3) is 0 Å². The van der Waals surface area contributed by atoms with Crippen LogP contribution >= 0.6 is 0 Å². The van der Waals surface area contributed by atoms with Crippen LogP contribution in [0.5, 0.6) is 11.5 Å². The molecule has 8 nitrogen and oxygen atoms in total. The van der Waals surface area contributed by atoms with Crippen LogP contribution in [-0.2, 0) is 0 Å². The lowest BCUT2D eigenvalue weighted by atomic mass is 10.1. The zero-order valence-electron chi connectivity index (χ0n) is 17.5. The van der Waals surface area contributed by atoms with E-state index >= 15 is 0 Å². The summed E-state index contributed by atoms with van der Waals surface area (Å²) in [6, 6.07) is 7.84. The predicted octanol–water partition coefficient (Wildman–Crippen LogP) is 3.17. The van der Waals surface area contributed by atoms with Crippen molar-refractivity contribution in [1.29, 1.82) is 0 Å². The Hall–Kier alpha value is -3.05. The van der Waals surface area contributed by atoms with E-state index in [0.29, 0.717) is 18.0 Å². The number of nitrogens with one attached hydrogen (secondary N) is 1. The maximum Gasteiger partial charge on any atom is 0.573 e. The number of benzene rings is 1. The molecule has 0 radical (unpaired) electrons. The average Bonchev–Trinajstić information content (AvgIpc) is 3.24. The Balaban J connectivity index is 1.67. The summed E-state index contributed by atoms with van der Waals surface area (Å²) in [6.07, 6.45) is -1.16. The molecule has 1 aliphatic rings. The molecule has 0 bridgehead atoms. The molecule has 0 unspecified atom stereocenters. The van der Waals surface area contributed by atoms with Gasteiger partial charge in [-0.05, 0) is 43.7 Å². The fraction of sp³-hybridized carbons (Fsp3) is 0.429. The summed E-state index contributed by atoms with van der Waals surface area (Å²) in [4.78, 5) is 2.17. The van der Waals surface area contributed by atoms with Crippen molar-refractivity contribution in [3.05, 3.63) is 36.5 Å². The fourth-order valence-electron chi connectivity index (χ4n) is 3.98. The quantitative estimate of drug-likeness (QED) is 0.571. The minimum atomic E-state index is -4.87. The van der Waals surface area contributed by atoms with E-state index in [1.54, 1.807) is 28.8 Å². The molecule has 0 saturated carbocycles. The van der Waals surface area contributed by atoms with Crippen LogP contribution in [-0.4, -0.2) is 70.4 Å². The van der Waals surface area contributed by atoms with Crippen molar-refractivity contribution in [1.82, 2.24) is 19.5 Å². The number of nitrogens with zero attached hydrogens (tertiary/aromatic N) is 4. The summed E-state index contributed by atoms with van der Waals surface area (Å²) in [5.41, 5.74) is 0.994. The van der Waals surface area contributed by atoms with Crippen LogP contribution in [0.1, 0.15) is 12.8 Å². The highest BCUT2D eigenvalue weighted by Crippen LogP contribution is 2.37. The highest BCUT2D eigenvalue weighted by molar-refractivity contribution is 5.81. The van der Waals surface area contributed by atoms with E-state index in [2.05, 4.69) is 25.2 Å². The lowest BCUT2D eigenvalue weighted by Crippen LogP contribution is -2.43. The Kier molecular flexibility index (Phi) is 6.38. The van der Waals surface area contributed by atoms with Crippen molar-refractivity contribution in [3.63, 3.8) is 0 Å². The number of aromatic nitrogens is 3. The van der Waals surface area contributed by atoms with E-state index in [1.165, 1.54) is 19.2 Å². The molecule has 3 heterocycles. The van der Waals surface area contributed by atoms with Crippen LogP contribution in [0.2, 0.25) is 0 Å². The first-order chi connectivity index (χ1) is 15.4. The molecule has 1 atom stereocenters. The van der Waals surface area contributed by atoms with Gasteiger partial charge in [-0.2, -0.15) is 0 Å². The molecule has 0 amide bonds. The number of halogens is 3. The van der Waals surface area contributed by atoms with Crippen LogP contribution in [0.15, 0.2) is 36.5 Å². The summed E-state index contributed by atoms with van der Waals surface area (Å²) in [7, 11) is 1.37. The van der Waals surface area contributed by atoms with Crippen molar-refractivity contribution in [2.45, 2.75) is 25.2 Å². The molecule has 2 aromatic heterocycles. The molecule has 11 heteroatoms. The number of hydrogen-bond donors (Lipinski definition) is 2. The van der Waals surface area contributed by atoms with Gasteiger partial charge in [0.15, 0.2) is 0 Å². The number of hydrogen-bond acceptors (Lipinski definition) is 7. The Morgan fingerprint density at radius 2 is 2.09 bits per heavy atom. The molecule has 1 aromatic carbocycles. The highest BCUT2D eigenvalue weighted by atomic mass is 19.4. The molecule has 1 aliphatic heterocycles. The number of aliphatic hydroxyl groups is 1. The highest BCUT2D eigenvalue weighted by Gasteiger charge is 2.33. The molecular formula is C21H24F3N5O3. The Labute approximate surface area is 182 Å². The molecule has 1 saturated heterocycles. The molecule has 32 heavy (non-hydrogen) atoms. The Morgan fingerprint density at radius 3 is 2.84 bits per heavy atom. The standard InChI is InChI=1S/C21H24F3N5O3/c1-31-15-6-7-16(18(12-15)32-21(22,23)24)19-17-5-3-9-29(17)20(27-26-19)25-14-4-2-8-28(13-14)10-11-30/h3,5-7,9,12,14,30H,2,4,8,10-11,13H2,1H3,(H,25,27)/t14-/m1/s1. The van der Waals surface area contributed by atoms with Crippen molar-refractivity contribution in [2.24, 2.45) is 0 Å². The van der Waals surface area contributed by atoms with Crippen molar-refractivity contribution in [2.75, 3.05) is 38.7 Å². The van der Waals surface area contributed by atoms with Crippen LogP contribution in [0, 0.1) is 0 Å². The van der Waals surface area contributed by atoms with E-state index < -0.39 is 12.1 Å². The van der Waals surface area contributed by atoms with Gasteiger partial charge in [0, 0.05) is 37.0 Å². The van der Waals surface area contributed by atoms with Crippen molar-refractivity contribution in [3.8, 4) is 22.8 Å². The number of anilines is 1. The zero-order chi connectivity index (χ0) is 22.7. The van der Waals surface area contributed by atoms with Gasteiger partial charge in [-0.1, -0.05) is 0 Å². The molecule has 2 N–H and O–H groups in total. The largest absolute Gasteiger partial charge is 0.573 e. The normalized spacial score (nSPS) is 17.5. The van der Waals surface area contributed by atoms with Crippen LogP contribution in [0.25, 0.3) is 16.8 Å². The van der Waals surface area contributed by atoms with E-state index in [4.69, 9.17) is 4.74 Å². The van der Waals surface area contributed by atoms with Gasteiger partial charge in [0.1, 0.15) is 17.2 Å². The van der Waals surface area contributed by atoms with E-state index in [1.807, 2.05) is 0 Å². The molecule has 0 spiro atoms. The van der Waals surface area contributed by atoms with Gasteiger partial charge in [-0.25, -0.2) is 0 Å². The third-order valence-electron chi connectivity index (χ3n) is 5.39. The number of aliphatic hydroxyl groups excluding tert-OH is 1. The first kappa shape index (κ1) is 22.2. The summed E-state index contributed by atoms with van der Waals surface area (Å²) in [6.45, 7) is 2.41. The number of fused-ring (bicyclic) bond motifs is 1. The Morgan fingerprint density at radius 1 is 1.25 bits per heavy atom. The zero-order valence-corrected chi connectivity index (χ0v) is 17.5. The summed E-state index contributed by atoms with van der Waals surface area (Å²) >= 11 is 0. The van der Waals surface area contributed by atoms with Gasteiger partial charge >= 0.3 is 6.36 Å². The number of methoxy groups -OCH3 is 1. The first-order valence-corrected chi connectivity index (χ1v) is 10.3. The fourth-order valence-corrected chi connectivity index (χ4v) is 3.98. The number of likely N-dealkylation sites (tertiary alicyclic amines) is 1. The summed E-state index contributed by atoms with van der Waals surface area (Å²) in [5.74, 6) is 0.314. The maximum atomic E-state index is 13.0. The predicted molar refractivity (Wildman–Crippen MR) is 112 cm³/mol. The van der Waals surface area contributed by atoms with Crippen LogP contribution < -0.4 is 14.8 Å². The second-order valence-electron chi connectivity index (χ2n) is 7.55. The molecule has 172 valence electrons. The van der Waals surface area contributed by atoms with Gasteiger partial charge in [0.2, 0.25) is 5.95 Å². The molecule has 0 aliphatic carbocycles. The minimum Gasteiger partial charge on any atom is -0.497 e. The second-order valence-corrected chi connectivity index (χ2v) is 7.55. The third kappa shape index (κ3) is 4.89. The van der Waals surface area contributed by atoms with E-state index in [0.717, 1.165) is 25.9 Å². The third-order valence-corrected chi connectivity index (χ3v) is 5.39. The second kappa shape index (κ2) is 9.21. The molecular weight excluding hydrogens is 427 g/mol. The summed E-state index contributed by atoms with van der Waals surface area (Å²) in [5, 5.41) is 21.1. The smallest absolute Gasteiger partial charge is 0.497 e. The van der Waals surface area contributed by atoms with Crippen molar-refractivity contribution < 1.29 is 27.8 Å². The lowest BCUT2D eigenvalue weighted by molar-refractivity contribution is -0.274. The lowest BCUT2D eigenvalue weighted by Gasteiger charge is -2.32. The monoisotopic (exact) mass is 451 g/mol. The number of rotatable bonds is 7. The van der Waals surface area contributed by atoms with E-state index in [9.17, 15) is 18.3 Å². The maximum absolute atomic E-state index is 13.0. The average molecular weight is 451 g/mol. The van der Waals surface area contributed by atoms with Crippen LogP contribution in [0.4, 0.5) is 19.1 Å². The van der Waals surface area contributed by atoms with Gasteiger partial charge in [0.05, 0.1) is 19.2 Å². The van der Waals surface area contributed by atoms with Crippen molar-refractivity contribution >= 4 is 11.5 Å². The topological polar surface area (TPSA) is 84.2 Å². The number of β-amino-alcohol motifs (C(OH)–C–C–N with tert-alkyl or cyclic N) is 1. The number of ether oxygens (including phenoxy) is 2. The SMILES string of the molecule is COc1ccc(-c2nnc(N[C@@H]3CCCN(CCO)C3)n3cccc23)c(OC(F)(F)F)c1. The molecule has 4 rings (SSSR count). The number of alkyl halides is 3. The van der Waals surface area contributed by atoms with Gasteiger partial charge in [-0.15, -0.1) is 23.4 Å². The Bertz CT molecular complexity index is 1070. The van der Waals surface area contributed by atoms with Gasteiger partial charge < -0.3 is 19.9 Å². The van der Waals surface area contributed by atoms with E-state index in [-0.39, 0.29) is 29.7 Å². The molecule has 3 aromatic rings. The van der Waals surface area contributed by atoms with Gasteiger partial charge in [-0.3, -0.25) is 9.30 Å². The minimum absolute atomic E-state index is 0.104. The first-order valence-electron chi connectivity index (χ1n) is 10.3. The van der Waals surface area contributed by atoms with Crippen LogP contribution in [0.3, 0.4) is 0 Å². The number of piperidine rings is 1.